The van der Waals surface area contributed by atoms with Gasteiger partial charge in [-0.2, -0.15) is 0 Å². The van der Waals surface area contributed by atoms with Crippen LogP contribution in [0.2, 0.25) is 0 Å². The van der Waals surface area contributed by atoms with Gasteiger partial charge in [0.25, 0.3) is 0 Å². The number of aryl methyl sites for hydroxylation is 1. The van der Waals surface area contributed by atoms with Gasteiger partial charge in [-0.3, -0.25) is 4.79 Å². The molecule has 0 aliphatic heterocycles. The number of alkyl halides is 2. The molecule has 18 heavy (non-hydrogen) atoms. The lowest BCUT2D eigenvalue weighted by atomic mass is 10.1. The number of para-hydroxylation sites is 1. The number of carboxylic acid groups (broad SMARTS) is 1. The Labute approximate surface area is 117 Å². The number of anilines is 1. The molecule has 1 rings (SSSR count). The van der Waals surface area contributed by atoms with Crippen molar-refractivity contribution in [2.75, 3.05) is 29.7 Å². The Morgan fingerprint density at radius 2 is 1.78 bits per heavy atom. The van der Waals surface area contributed by atoms with Crippen LogP contribution in [0.5, 0.6) is 0 Å². The molecule has 0 fully saturated rings. The van der Waals surface area contributed by atoms with E-state index in [9.17, 15) is 4.79 Å². The summed E-state index contributed by atoms with van der Waals surface area (Å²) in [5.41, 5.74) is 2.05. The fourth-order valence-electron chi connectivity index (χ4n) is 1.83. The molecule has 0 saturated carbocycles. The summed E-state index contributed by atoms with van der Waals surface area (Å²) in [6.45, 7) is 1.41. The molecule has 0 heterocycles. The number of nitrogens with zero attached hydrogens (tertiary/aromatic N) is 1. The van der Waals surface area contributed by atoms with E-state index in [1.165, 1.54) is 0 Å². The van der Waals surface area contributed by atoms with Crippen LogP contribution in [-0.2, 0) is 11.2 Å². The Hall–Kier alpha value is -0.930. The van der Waals surface area contributed by atoms with Crippen LogP contribution < -0.4 is 4.90 Å². The van der Waals surface area contributed by atoms with Crippen LogP contribution in [0, 0.1) is 0 Å². The first-order valence-corrected chi connectivity index (χ1v) is 6.92. The quantitative estimate of drug-likeness (QED) is 0.748. The molecule has 3 nitrogen and oxygen atoms in total. The second-order valence-electron chi connectivity index (χ2n) is 3.89. The molecule has 0 amide bonds. The van der Waals surface area contributed by atoms with Crippen LogP contribution >= 0.6 is 23.2 Å². The van der Waals surface area contributed by atoms with E-state index < -0.39 is 5.97 Å². The topological polar surface area (TPSA) is 40.5 Å². The first-order chi connectivity index (χ1) is 8.69. The first-order valence-electron chi connectivity index (χ1n) is 5.85. The van der Waals surface area contributed by atoms with Crippen molar-refractivity contribution in [2.24, 2.45) is 0 Å². The van der Waals surface area contributed by atoms with Crippen molar-refractivity contribution in [1.82, 2.24) is 0 Å². The molecule has 0 radical (unpaired) electrons. The van der Waals surface area contributed by atoms with Gasteiger partial charge in [0, 0.05) is 37.0 Å². The molecule has 0 saturated heterocycles. The Bertz CT molecular complexity index is 379. The number of halogens is 2. The van der Waals surface area contributed by atoms with Crippen molar-refractivity contribution >= 4 is 34.9 Å². The largest absolute Gasteiger partial charge is 0.481 e. The third-order valence-electron chi connectivity index (χ3n) is 2.65. The Balaban J connectivity index is 2.86. The summed E-state index contributed by atoms with van der Waals surface area (Å²) in [4.78, 5) is 12.7. The zero-order valence-corrected chi connectivity index (χ0v) is 11.6. The molecule has 5 heteroatoms. The zero-order chi connectivity index (χ0) is 13.4. The number of carbonyl (C=O) groups is 1. The van der Waals surface area contributed by atoms with Crippen molar-refractivity contribution in [1.29, 1.82) is 0 Å². The number of benzene rings is 1. The molecule has 0 spiro atoms. The fraction of sp³-hybridized carbons (Fsp3) is 0.462. The zero-order valence-electron chi connectivity index (χ0n) is 10.1. The molecule has 0 atom stereocenters. The van der Waals surface area contributed by atoms with Crippen molar-refractivity contribution in [3.05, 3.63) is 29.8 Å². The smallest absolute Gasteiger partial charge is 0.303 e. The van der Waals surface area contributed by atoms with Crippen molar-refractivity contribution < 1.29 is 9.90 Å². The van der Waals surface area contributed by atoms with Gasteiger partial charge in [0.15, 0.2) is 0 Å². The molecule has 0 bridgehead atoms. The van der Waals surface area contributed by atoms with E-state index in [4.69, 9.17) is 28.3 Å². The van der Waals surface area contributed by atoms with E-state index in [1.54, 1.807) is 0 Å². The fourth-order valence-corrected chi connectivity index (χ4v) is 2.24. The maximum atomic E-state index is 10.6. The molecule has 1 aromatic carbocycles. The minimum absolute atomic E-state index is 0.132. The highest BCUT2D eigenvalue weighted by Gasteiger charge is 2.10. The maximum Gasteiger partial charge on any atom is 0.303 e. The summed E-state index contributed by atoms with van der Waals surface area (Å²) < 4.78 is 0. The van der Waals surface area contributed by atoms with Gasteiger partial charge in [0.2, 0.25) is 0 Å². The van der Waals surface area contributed by atoms with Gasteiger partial charge in [-0.05, 0) is 18.1 Å². The van der Waals surface area contributed by atoms with Crippen molar-refractivity contribution in [3.8, 4) is 0 Å². The predicted octanol–water partition coefficient (Wildman–Crippen LogP) is 2.99. The normalized spacial score (nSPS) is 10.3. The number of hydrogen-bond acceptors (Lipinski definition) is 2. The van der Waals surface area contributed by atoms with E-state index in [1.807, 2.05) is 24.3 Å². The number of hydrogen-bond donors (Lipinski definition) is 1. The Kier molecular flexibility index (Phi) is 6.91. The summed E-state index contributed by atoms with van der Waals surface area (Å²) in [5, 5.41) is 8.76. The standard InChI is InChI=1S/C13H17Cl2NO2/c14-7-9-16(10-8-15)12-4-2-1-3-11(12)5-6-13(17)18/h1-4H,5-10H2,(H,17,18). The molecule has 1 N–H and O–H groups in total. The minimum Gasteiger partial charge on any atom is -0.481 e. The van der Waals surface area contributed by atoms with Crippen LogP contribution in [0.1, 0.15) is 12.0 Å². The molecule has 0 aliphatic rings. The van der Waals surface area contributed by atoms with Crippen molar-refractivity contribution in [3.63, 3.8) is 0 Å². The Morgan fingerprint density at radius 3 is 2.33 bits per heavy atom. The van der Waals surface area contributed by atoms with Crippen LogP contribution in [0.4, 0.5) is 5.69 Å². The Morgan fingerprint density at radius 1 is 1.17 bits per heavy atom. The molecule has 1 aromatic rings. The predicted molar refractivity (Wildman–Crippen MR) is 76.1 cm³/mol. The second-order valence-corrected chi connectivity index (χ2v) is 4.64. The molecule has 0 unspecified atom stereocenters. The first kappa shape index (κ1) is 15.1. The van der Waals surface area contributed by atoms with E-state index in [2.05, 4.69) is 4.90 Å². The van der Waals surface area contributed by atoms with E-state index in [0.29, 0.717) is 31.3 Å². The summed E-state index contributed by atoms with van der Waals surface area (Å²) in [5.74, 6) is 0.250. The van der Waals surface area contributed by atoms with Gasteiger partial charge in [0.1, 0.15) is 0 Å². The third kappa shape index (κ3) is 4.75. The summed E-state index contributed by atoms with van der Waals surface area (Å²) >= 11 is 11.6. The average Bonchev–Trinajstić information content (AvgIpc) is 2.36. The summed E-state index contributed by atoms with van der Waals surface area (Å²) in [7, 11) is 0. The summed E-state index contributed by atoms with van der Waals surface area (Å²) in [6.07, 6.45) is 0.652. The SMILES string of the molecule is O=C(O)CCc1ccccc1N(CCCl)CCCl. The highest BCUT2D eigenvalue weighted by molar-refractivity contribution is 6.18. The monoisotopic (exact) mass is 289 g/mol. The van der Waals surface area contributed by atoms with Gasteiger partial charge in [-0.15, -0.1) is 23.2 Å². The highest BCUT2D eigenvalue weighted by atomic mass is 35.5. The van der Waals surface area contributed by atoms with E-state index >= 15 is 0 Å². The number of rotatable bonds is 8. The van der Waals surface area contributed by atoms with E-state index in [-0.39, 0.29) is 6.42 Å². The molecule has 0 aromatic heterocycles. The third-order valence-corrected chi connectivity index (χ3v) is 2.99. The lowest BCUT2D eigenvalue weighted by molar-refractivity contribution is -0.136. The minimum atomic E-state index is -0.786. The van der Waals surface area contributed by atoms with E-state index in [0.717, 1.165) is 11.3 Å². The van der Waals surface area contributed by atoms with Gasteiger partial charge >= 0.3 is 5.97 Å². The lowest BCUT2D eigenvalue weighted by Crippen LogP contribution is -2.28. The summed E-state index contributed by atoms with van der Waals surface area (Å²) in [6, 6.07) is 7.79. The van der Waals surface area contributed by atoms with Gasteiger partial charge in [0.05, 0.1) is 0 Å². The molecular weight excluding hydrogens is 273 g/mol. The number of carboxylic acids is 1. The average molecular weight is 290 g/mol. The van der Waals surface area contributed by atoms with Crippen LogP contribution in [0.3, 0.4) is 0 Å². The number of aliphatic carboxylic acids is 1. The van der Waals surface area contributed by atoms with Crippen LogP contribution in [0.15, 0.2) is 24.3 Å². The maximum absolute atomic E-state index is 10.6. The van der Waals surface area contributed by atoms with Gasteiger partial charge < -0.3 is 10.0 Å². The van der Waals surface area contributed by atoms with Crippen molar-refractivity contribution in [2.45, 2.75) is 12.8 Å². The van der Waals surface area contributed by atoms with Crippen LogP contribution in [0.25, 0.3) is 0 Å². The molecule has 0 aliphatic carbocycles. The lowest BCUT2D eigenvalue weighted by Gasteiger charge is -2.25. The molecular formula is C13H17Cl2NO2. The highest BCUT2D eigenvalue weighted by Crippen LogP contribution is 2.22. The second kappa shape index (κ2) is 8.22. The van der Waals surface area contributed by atoms with Gasteiger partial charge in [-0.1, -0.05) is 18.2 Å². The van der Waals surface area contributed by atoms with Gasteiger partial charge in [-0.25, -0.2) is 0 Å². The van der Waals surface area contributed by atoms with Crippen LogP contribution in [-0.4, -0.2) is 35.9 Å². The molecule has 100 valence electrons.